The van der Waals surface area contributed by atoms with Gasteiger partial charge in [0.25, 0.3) is 5.91 Å². The second kappa shape index (κ2) is 6.87. The number of hydrogen-bond donors (Lipinski definition) is 1. The fraction of sp³-hybridized carbons (Fsp3) is 0.300. The van der Waals surface area contributed by atoms with Crippen LogP contribution in [0.4, 0.5) is 0 Å². The van der Waals surface area contributed by atoms with Crippen LogP contribution in [-0.4, -0.2) is 29.8 Å². The van der Waals surface area contributed by atoms with Gasteiger partial charge in [-0.3, -0.25) is 9.59 Å². The second-order valence-corrected chi connectivity index (χ2v) is 6.48. The molecule has 4 heteroatoms. The van der Waals surface area contributed by atoms with Crippen LogP contribution >= 0.6 is 0 Å². The number of carbonyl (C=O) groups excluding carboxylic acids is 2. The molecule has 4 nitrogen and oxygen atoms in total. The molecule has 2 atom stereocenters. The summed E-state index contributed by atoms with van der Waals surface area (Å²) in [6.07, 6.45) is 0.969. The summed E-state index contributed by atoms with van der Waals surface area (Å²) in [5, 5.41) is 0. The van der Waals surface area contributed by atoms with E-state index in [1.165, 1.54) is 5.56 Å². The molecule has 124 valence electrons. The molecule has 0 aromatic heterocycles. The maximum Gasteiger partial charge on any atom is 0.253 e. The molecule has 0 saturated carbocycles. The van der Waals surface area contributed by atoms with Gasteiger partial charge < -0.3 is 10.6 Å². The molecule has 2 N–H and O–H groups in total. The lowest BCUT2D eigenvalue weighted by atomic mass is 9.81. The summed E-state index contributed by atoms with van der Waals surface area (Å²) < 4.78 is 0. The molecule has 2 aromatic rings. The molecule has 0 spiro atoms. The van der Waals surface area contributed by atoms with E-state index < -0.39 is 5.91 Å². The summed E-state index contributed by atoms with van der Waals surface area (Å²) in [6, 6.07) is 17.1. The zero-order chi connectivity index (χ0) is 17.1. The molecule has 3 rings (SSSR count). The number of piperidine rings is 1. The van der Waals surface area contributed by atoms with E-state index in [-0.39, 0.29) is 5.91 Å². The number of rotatable bonds is 3. The second-order valence-electron chi connectivity index (χ2n) is 6.48. The number of likely N-dealkylation sites (tertiary alicyclic amines) is 1. The molecule has 2 amide bonds. The molecular weight excluding hydrogens is 300 g/mol. The van der Waals surface area contributed by atoms with Gasteiger partial charge in [0, 0.05) is 24.2 Å². The summed E-state index contributed by atoms with van der Waals surface area (Å²) in [5.41, 5.74) is 7.61. The molecule has 0 aliphatic carbocycles. The van der Waals surface area contributed by atoms with E-state index in [0.717, 1.165) is 19.5 Å². The van der Waals surface area contributed by atoms with Crippen LogP contribution in [0, 0.1) is 5.92 Å². The average molecular weight is 322 g/mol. The van der Waals surface area contributed by atoms with Crippen LogP contribution in [-0.2, 0) is 0 Å². The zero-order valence-electron chi connectivity index (χ0n) is 13.8. The minimum atomic E-state index is -0.480. The molecule has 24 heavy (non-hydrogen) atoms. The molecule has 1 fully saturated rings. The van der Waals surface area contributed by atoms with Gasteiger partial charge in [-0.15, -0.1) is 0 Å². The topological polar surface area (TPSA) is 63.4 Å². The summed E-state index contributed by atoms with van der Waals surface area (Å²) in [6.45, 7) is 3.70. The Morgan fingerprint density at radius 2 is 1.62 bits per heavy atom. The first kappa shape index (κ1) is 16.2. The molecular formula is C20H22N2O2. The van der Waals surface area contributed by atoms with Crippen LogP contribution in [0.15, 0.2) is 54.6 Å². The van der Waals surface area contributed by atoms with Gasteiger partial charge in [0.15, 0.2) is 0 Å². The lowest BCUT2D eigenvalue weighted by Gasteiger charge is -2.37. The number of carbonyl (C=O) groups is 2. The first-order valence-electron chi connectivity index (χ1n) is 8.30. The molecule has 1 heterocycles. The van der Waals surface area contributed by atoms with E-state index in [1.54, 1.807) is 24.3 Å². The lowest BCUT2D eigenvalue weighted by Crippen LogP contribution is -2.42. The minimum Gasteiger partial charge on any atom is -0.366 e. The third-order valence-electron chi connectivity index (χ3n) is 4.84. The number of amides is 2. The molecule has 1 aliphatic heterocycles. The predicted molar refractivity (Wildman–Crippen MR) is 93.8 cm³/mol. The van der Waals surface area contributed by atoms with Crippen molar-refractivity contribution in [3.63, 3.8) is 0 Å². The Kier molecular flexibility index (Phi) is 4.65. The van der Waals surface area contributed by atoms with Gasteiger partial charge in [-0.25, -0.2) is 0 Å². The van der Waals surface area contributed by atoms with Crippen molar-refractivity contribution in [1.82, 2.24) is 4.90 Å². The number of hydrogen-bond acceptors (Lipinski definition) is 2. The molecule has 1 saturated heterocycles. The number of benzene rings is 2. The van der Waals surface area contributed by atoms with E-state index in [2.05, 4.69) is 31.2 Å². The van der Waals surface area contributed by atoms with Crippen molar-refractivity contribution in [2.24, 2.45) is 11.7 Å². The number of nitrogens with zero attached hydrogens (tertiary/aromatic N) is 1. The van der Waals surface area contributed by atoms with E-state index in [1.807, 2.05) is 11.0 Å². The highest BCUT2D eigenvalue weighted by atomic mass is 16.2. The average Bonchev–Trinajstić information content (AvgIpc) is 2.62. The Bertz CT molecular complexity index is 725. The normalized spacial score (nSPS) is 20.6. The minimum absolute atomic E-state index is 0.0179. The van der Waals surface area contributed by atoms with Crippen LogP contribution in [0.25, 0.3) is 0 Å². The molecule has 0 radical (unpaired) electrons. The monoisotopic (exact) mass is 322 g/mol. The van der Waals surface area contributed by atoms with Gasteiger partial charge in [-0.2, -0.15) is 0 Å². The Morgan fingerprint density at radius 1 is 1.00 bits per heavy atom. The van der Waals surface area contributed by atoms with Crippen molar-refractivity contribution in [1.29, 1.82) is 0 Å². The number of nitrogens with two attached hydrogens (primary N) is 1. The standard InChI is InChI=1S/C20H22N2O2/c1-14-13-22(12-11-18(14)15-5-3-2-4-6-15)20(24)17-9-7-16(8-10-17)19(21)23/h2-10,14,18H,11-13H2,1H3,(H2,21,23). The van der Waals surface area contributed by atoms with E-state index in [9.17, 15) is 9.59 Å². The Labute approximate surface area is 142 Å². The van der Waals surface area contributed by atoms with Gasteiger partial charge in [-0.1, -0.05) is 37.3 Å². The van der Waals surface area contributed by atoms with Crippen LogP contribution in [0.2, 0.25) is 0 Å². The quantitative estimate of drug-likeness (QED) is 0.944. The maximum absolute atomic E-state index is 12.7. The summed E-state index contributed by atoms with van der Waals surface area (Å²) in [7, 11) is 0. The van der Waals surface area contributed by atoms with E-state index in [4.69, 9.17) is 5.73 Å². The maximum atomic E-state index is 12.7. The van der Waals surface area contributed by atoms with Crippen molar-refractivity contribution >= 4 is 11.8 Å². The molecule has 0 bridgehead atoms. The highest BCUT2D eigenvalue weighted by molar-refractivity contribution is 5.97. The SMILES string of the molecule is CC1CN(C(=O)c2ccc(C(N)=O)cc2)CCC1c1ccccc1. The Hall–Kier alpha value is -2.62. The van der Waals surface area contributed by atoms with Crippen LogP contribution in [0.5, 0.6) is 0 Å². The van der Waals surface area contributed by atoms with Crippen molar-refractivity contribution in [2.75, 3.05) is 13.1 Å². The van der Waals surface area contributed by atoms with E-state index >= 15 is 0 Å². The van der Waals surface area contributed by atoms with Crippen LogP contribution < -0.4 is 5.73 Å². The molecule has 2 unspecified atom stereocenters. The number of primary amides is 1. The van der Waals surface area contributed by atoms with Gasteiger partial charge >= 0.3 is 0 Å². The van der Waals surface area contributed by atoms with Gasteiger partial charge in [0.2, 0.25) is 5.91 Å². The highest BCUT2D eigenvalue weighted by Gasteiger charge is 2.29. The van der Waals surface area contributed by atoms with E-state index in [0.29, 0.717) is 23.0 Å². The highest BCUT2D eigenvalue weighted by Crippen LogP contribution is 2.33. The fourth-order valence-corrected chi connectivity index (χ4v) is 3.49. The van der Waals surface area contributed by atoms with Crippen molar-refractivity contribution in [3.8, 4) is 0 Å². The lowest BCUT2D eigenvalue weighted by molar-refractivity contribution is 0.0660. The summed E-state index contributed by atoms with van der Waals surface area (Å²) in [5.74, 6) is 0.443. The summed E-state index contributed by atoms with van der Waals surface area (Å²) >= 11 is 0. The van der Waals surface area contributed by atoms with Crippen molar-refractivity contribution in [3.05, 3.63) is 71.3 Å². The Morgan fingerprint density at radius 3 is 2.21 bits per heavy atom. The predicted octanol–water partition coefficient (Wildman–Crippen LogP) is 3.05. The van der Waals surface area contributed by atoms with Crippen LogP contribution in [0.3, 0.4) is 0 Å². The van der Waals surface area contributed by atoms with Gasteiger partial charge in [0.05, 0.1) is 0 Å². The molecule has 2 aromatic carbocycles. The first-order chi connectivity index (χ1) is 11.6. The third-order valence-corrected chi connectivity index (χ3v) is 4.84. The third kappa shape index (κ3) is 3.32. The molecule has 1 aliphatic rings. The van der Waals surface area contributed by atoms with Gasteiger partial charge in [-0.05, 0) is 48.1 Å². The smallest absolute Gasteiger partial charge is 0.253 e. The summed E-state index contributed by atoms with van der Waals surface area (Å²) in [4.78, 5) is 25.7. The fourth-order valence-electron chi connectivity index (χ4n) is 3.49. The largest absolute Gasteiger partial charge is 0.366 e. The Balaban J connectivity index is 1.69. The van der Waals surface area contributed by atoms with Gasteiger partial charge in [0.1, 0.15) is 0 Å². The van der Waals surface area contributed by atoms with Crippen LogP contribution in [0.1, 0.15) is 45.5 Å². The van der Waals surface area contributed by atoms with Crippen molar-refractivity contribution in [2.45, 2.75) is 19.3 Å². The zero-order valence-corrected chi connectivity index (χ0v) is 13.8. The van der Waals surface area contributed by atoms with Crippen molar-refractivity contribution < 1.29 is 9.59 Å². The first-order valence-corrected chi connectivity index (χ1v) is 8.30.